The number of unbranched alkanes of at least 4 members (excludes halogenated alkanes) is 1. The predicted octanol–water partition coefficient (Wildman–Crippen LogP) is 7.51. The zero-order chi connectivity index (χ0) is 24.0. The molecular weight excluding hydrogens is 408 g/mol. The molecule has 0 aliphatic heterocycles. The van der Waals surface area contributed by atoms with E-state index in [-0.39, 0.29) is 12.1 Å². The molecule has 4 nitrogen and oxygen atoms in total. The minimum Gasteiger partial charge on any atom is -0.463 e. The predicted molar refractivity (Wildman–Crippen MR) is 135 cm³/mol. The number of hydrogen-bond acceptors (Lipinski definition) is 3. The van der Waals surface area contributed by atoms with Gasteiger partial charge in [-0.15, -0.1) is 0 Å². The summed E-state index contributed by atoms with van der Waals surface area (Å²) in [6.45, 7) is 9.39. The van der Waals surface area contributed by atoms with Gasteiger partial charge < -0.3 is 9.30 Å². The molecule has 1 heterocycles. The molecule has 2 aromatic carbocycles. The van der Waals surface area contributed by atoms with Crippen molar-refractivity contribution in [2.24, 2.45) is 0 Å². The SMILES string of the molecule is CC(=O)OC(C)C.CCCCc1ccc2c(C#N)c(-c3ccc(C)cc3)n(C3CCC3)c2c1. The number of esters is 1. The summed E-state index contributed by atoms with van der Waals surface area (Å²) in [5.74, 6) is -0.213. The van der Waals surface area contributed by atoms with E-state index in [1.54, 1.807) is 0 Å². The molecular formula is C29H36N2O2. The molecule has 0 N–H and O–H groups in total. The lowest BCUT2D eigenvalue weighted by Gasteiger charge is -2.30. The molecule has 0 bridgehead atoms. The number of fused-ring (bicyclic) bond motifs is 1. The maximum atomic E-state index is 10.0. The van der Waals surface area contributed by atoms with E-state index < -0.39 is 0 Å². The molecule has 0 saturated heterocycles. The lowest BCUT2D eigenvalue weighted by atomic mass is 9.92. The largest absolute Gasteiger partial charge is 0.463 e. The van der Waals surface area contributed by atoms with Gasteiger partial charge in [0.25, 0.3) is 0 Å². The molecule has 3 aromatic rings. The van der Waals surface area contributed by atoms with Crippen molar-refractivity contribution in [3.8, 4) is 17.3 Å². The number of rotatable bonds is 6. The highest BCUT2D eigenvalue weighted by Crippen LogP contribution is 2.42. The number of nitriles is 1. The Morgan fingerprint density at radius 2 is 1.88 bits per heavy atom. The van der Waals surface area contributed by atoms with E-state index >= 15 is 0 Å². The van der Waals surface area contributed by atoms with Crippen LogP contribution < -0.4 is 0 Å². The van der Waals surface area contributed by atoms with E-state index in [0.29, 0.717) is 6.04 Å². The third kappa shape index (κ3) is 5.85. The normalized spacial score (nSPS) is 13.2. The third-order valence-corrected chi connectivity index (χ3v) is 6.17. The number of aryl methyl sites for hydroxylation is 2. The van der Waals surface area contributed by atoms with Gasteiger partial charge in [0.1, 0.15) is 6.07 Å². The van der Waals surface area contributed by atoms with Crippen LogP contribution in [0.2, 0.25) is 0 Å². The van der Waals surface area contributed by atoms with Crippen molar-refractivity contribution in [3.05, 3.63) is 59.2 Å². The van der Waals surface area contributed by atoms with E-state index in [2.05, 4.69) is 71.7 Å². The fourth-order valence-electron chi connectivity index (χ4n) is 4.36. The van der Waals surface area contributed by atoms with Gasteiger partial charge in [-0.25, -0.2) is 0 Å². The Hall–Kier alpha value is -3.06. The number of benzene rings is 2. The lowest BCUT2D eigenvalue weighted by Crippen LogP contribution is -2.17. The molecule has 1 aliphatic rings. The first-order valence-electron chi connectivity index (χ1n) is 12.2. The van der Waals surface area contributed by atoms with Crippen molar-refractivity contribution in [2.75, 3.05) is 0 Å². The summed E-state index contributed by atoms with van der Waals surface area (Å²) in [5.41, 5.74) is 6.98. The Balaban J connectivity index is 0.000000383. The maximum absolute atomic E-state index is 10.0. The average molecular weight is 445 g/mol. The fourth-order valence-corrected chi connectivity index (χ4v) is 4.36. The summed E-state index contributed by atoms with van der Waals surface area (Å²) in [6.07, 6.45) is 7.28. The van der Waals surface area contributed by atoms with Crippen molar-refractivity contribution in [1.82, 2.24) is 4.57 Å². The summed E-state index contributed by atoms with van der Waals surface area (Å²) in [4.78, 5) is 10.0. The topological polar surface area (TPSA) is 55.0 Å². The van der Waals surface area contributed by atoms with Gasteiger partial charge in [-0.3, -0.25) is 4.79 Å². The molecule has 0 spiro atoms. The monoisotopic (exact) mass is 444 g/mol. The molecule has 33 heavy (non-hydrogen) atoms. The van der Waals surface area contributed by atoms with Crippen molar-refractivity contribution >= 4 is 16.9 Å². The van der Waals surface area contributed by atoms with Crippen LogP contribution in [0.15, 0.2) is 42.5 Å². The van der Waals surface area contributed by atoms with Crippen molar-refractivity contribution in [2.45, 2.75) is 85.3 Å². The molecule has 1 aliphatic carbocycles. The van der Waals surface area contributed by atoms with Gasteiger partial charge in [0, 0.05) is 18.4 Å². The molecule has 0 unspecified atom stereocenters. The van der Waals surface area contributed by atoms with Crippen LogP contribution in [0.4, 0.5) is 0 Å². The Morgan fingerprint density at radius 1 is 1.18 bits per heavy atom. The van der Waals surface area contributed by atoms with Crippen LogP contribution in [-0.2, 0) is 16.0 Å². The van der Waals surface area contributed by atoms with E-state index in [4.69, 9.17) is 0 Å². The van der Waals surface area contributed by atoms with Gasteiger partial charge in [-0.1, -0.05) is 55.3 Å². The van der Waals surface area contributed by atoms with E-state index in [1.165, 1.54) is 55.7 Å². The second-order valence-electron chi connectivity index (χ2n) is 9.27. The molecule has 174 valence electrons. The number of hydrogen-bond donors (Lipinski definition) is 0. The Labute approximate surface area is 198 Å². The number of nitrogens with zero attached hydrogens (tertiary/aromatic N) is 2. The molecule has 0 amide bonds. The van der Waals surface area contributed by atoms with Crippen molar-refractivity contribution < 1.29 is 9.53 Å². The third-order valence-electron chi connectivity index (χ3n) is 6.17. The quantitative estimate of drug-likeness (QED) is 0.370. The highest BCUT2D eigenvalue weighted by molar-refractivity contribution is 5.95. The van der Waals surface area contributed by atoms with Gasteiger partial charge in [0.05, 0.1) is 22.9 Å². The number of carbonyl (C=O) groups excluding carboxylic acids is 1. The van der Waals surface area contributed by atoms with Crippen molar-refractivity contribution in [3.63, 3.8) is 0 Å². The van der Waals surface area contributed by atoms with Crippen LogP contribution in [0.3, 0.4) is 0 Å². The molecule has 1 saturated carbocycles. The van der Waals surface area contributed by atoms with Gasteiger partial charge in [0.15, 0.2) is 0 Å². The maximum Gasteiger partial charge on any atom is 0.302 e. The van der Waals surface area contributed by atoms with E-state index in [9.17, 15) is 10.1 Å². The van der Waals surface area contributed by atoms with Gasteiger partial charge in [-0.2, -0.15) is 5.26 Å². The lowest BCUT2D eigenvalue weighted by molar-refractivity contribution is -0.144. The van der Waals surface area contributed by atoms with E-state index in [1.807, 2.05) is 13.8 Å². The Kier molecular flexibility index (Phi) is 8.33. The first kappa shape index (κ1) is 24.6. The van der Waals surface area contributed by atoms with E-state index in [0.717, 1.165) is 28.6 Å². The smallest absolute Gasteiger partial charge is 0.302 e. The molecule has 0 radical (unpaired) electrons. The van der Waals surface area contributed by atoms with Crippen LogP contribution >= 0.6 is 0 Å². The van der Waals surface area contributed by atoms with Crippen LogP contribution in [0, 0.1) is 18.3 Å². The summed E-state index contributed by atoms with van der Waals surface area (Å²) in [6, 6.07) is 18.4. The Bertz CT molecular complexity index is 1130. The summed E-state index contributed by atoms with van der Waals surface area (Å²) in [5, 5.41) is 11.1. The molecule has 4 heteroatoms. The summed E-state index contributed by atoms with van der Waals surface area (Å²) in [7, 11) is 0. The van der Waals surface area contributed by atoms with Crippen molar-refractivity contribution in [1.29, 1.82) is 5.26 Å². The minimum absolute atomic E-state index is 0.0255. The average Bonchev–Trinajstić information content (AvgIpc) is 3.04. The second-order valence-corrected chi connectivity index (χ2v) is 9.27. The van der Waals surface area contributed by atoms with Crippen LogP contribution in [0.5, 0.6) is 0 Å². The highest BCUT2D eigenvalue weighted by atomic mass is 16.5. The fraction of sp³-hybridized carbons (Fsp3) is 0.448. The van der Waals surface area contributed by atoms with Gasteiger partial charge >= 0.3 is 5.97 Å². The molecule has 1 aromatic heterocycles. The van der Waals surface area contributed by atoms with Gasteiger partial charge in [0.2, 0.25) is 0 Å². The first-order valence-corrected chi connectivity index (χ1v) is 12.2. The minimum atomic E-state index is -0.213. The molecule has 1 fully saturated rings. The summed E-state index contributed by atoms with van der Waals surface area (Å²) < 4.78 is 7.08. The zero-order valence-corrected chi connectivity index (χ0v) is 20.6. The number of carbonyl (C=O) groups is 1. The summed E-state index contributed by atoms with van der Waals surface area (Å²) >= 11 is 0. The Morgan fingerprint density at radius 3 is 2.36 bits per heavy atom. The van der Waals surface area contributed by atoms with Crippen LogP contribution in [0.1, 0.15) is 82.5 Å². The first-order chi connectivity index (χ1) is 15.8. The van der Waals surface area contributed by atoms with Crippen LogP contribution in [0.25, 0.3) is 22.2 Å². The number of ether oxygens (including phenoxy) is 1. The van der Waals surface area contributed by atoms with Crippen LogP contribution in [-0.4, -0.2) is 16.6 Å². The molecule has 0 atom stereocenters. The zero-order valence-electron chi connectivity index (χ0n) is 20.6. The number of aromatic nitrogens is 1. The second kappa shape index (κ2) is 11.2. The highest BCUT2D eigenvalue weighted by Gasteiger charge is 2.27. The standard InChI is InChI=1S/C24H26N2.C5H10O2/c1-3-4-6-18-11-14-21-22(16-25)24(19-12-9-17(2)10-13-19)26(23(21)15-18)20-7-5-8-20;1-4(2)7-5(3)6/h9-15,20H,3-8H2,1-2H3;4H,1-3H3. The molecule has 4 rings (SSSR count). The van der Waals surface area contributed by atoms with Gasteiger partial charge in [-0.05, 0) is 70.1 Å².